The summed E-state index contributed by atoms with van der Waals surface area (Å²) in [5, 5.41) is 11.7. The summed E-state index contributed by atoms with van der Waals surface area (Å²) in [5.41, 5.74) is 3.21. The average molecular weight is 376 g/mol. The number of ether oxygens (including phenoxy) is 1. The Kier molecular flexibility index (Phi) is 5.00. The van der Waals surface area contributed by atoms with Gasteiger partial charge in [-0.3, -0.25) is 0 Å². The Morgan fingerprint density at radius 3 is 2.92 bits per heavy atom. The first-order chi connectivity index (χ1) is 12.7. The first-order valence-electron chi connectivity index (χ1n) is 8.63. The number of piperidine rings is 1. The molecule has 0 radical (unpaired) electrons. The lowest BCUT2D eigenvalue weighted by molar-refractivity contribution is -0.0998. The molecule has 3 atom stereocenters. The average Bonchev–Trinajstić information content (AvgIpc) is 3.30. The highest BCUT2D eigenvalue weighted by molar-refractivity contribution is 7.09. The Morgan fingerprint density at radius 2 is 2.19 bits per heavy atom. The highest BCUT2D eigenvalue weighted by Gasteiger charge is 2.31. The predicted octanol–water partition coefficient (Wildman–Crippen LogP) is 2.80. The van der Waals surface area contributed by atoms with Crippen molar-refractivity contribution >= 4 is 17.7 Å². The van der Waals surface area contributed by atoms with Crippen LogP contribution >= 0.6 is 11.3 Å². The molecule has 0 saturated carbocycles. The van der Waals surface area contributed by atoms with Gasteiger partial charge in [0.1, 0.15) is 17.8 Å². The fourth-order valence-corrected chi connectivity index (χ4v) is 4.31. The topological polar surface area (TPSA) is 65.0 Å². The summed E-state index contributed by atoms with van der Waals surface area (Å²) in [6, 6.07) is 9.41. The summed E-state index contributed by atoms with van der Waals surface area (Å²) < 4.78 is 19.4. The minimum Gasteiger partial charge on any atom is -0.463 e. The molecule has 1 saturated heterocycles. The second kappa shape index (κ2) is 7.56. The van der Waals surface area contributed by atoms with Crippen molar-refractivity contribution in [3.8, 4) is 5.75 Å². The number of thiazole rings is 1. The van der Waals surface area contributed by atoms with Crippen LogP contribution in [0.5, 0.6) is 5.75 Å². The van der Waals surface area contributed by atoms with Crippen LogP contribution in [-0.4, -0.2) is 34.8 Å². The third kappa shape index (κ3) is 3.64. The van der Waals surface area contributed by atoms with Crippen molar-refractivity contribution in [2.45, 2.75) is 25.5 Å². The number of nitrogens with one attached hydrogen (secondary N) is 2. The number of nitrogens with zero attached hydrogens (tertiary/aromatic N) is 4. The van der Waals surface area contributed by atoms with Crippen molar-refractivity contribution in [2.24, 2.45) is 11.0 Å². The Labute approximate surface area is 155 Å². The predicted molar refractivity (Wildman–Crippen MR) is 97.7 cm³/mol. The van der Waals surface area contributed by atoms with E-state index in [0.29, 0.717) is 17.6 Å². The van der Waals surface area contributed by atoms with Gasteiger partial charge < -0.3 is 10.1 Å². The molecular formula is C17H21FN6OS. The summed E-state index contributed by atoms with van der Waals surface area (Å²) in [6.45, 7) is 4.25. The number of benzene rings is 1. The normalized spacial score (nSPS) is 24.1. The number of aromatic nitrogens is 1. The number of hydrogen-bond acceptors (Lipinski definition) is 8. The van der Waals surface area contributed by atoms with Gasteiger partial charge in [-0.15, -0.1) is 16.4 Å². The first-order valence-corrected chi connectivity index (χ1v) is 9.51. The minimum absolute atomic E-state index is 0.142. The molecule has 0 spiro atoms. The van der Waals surface area contributed by atoms with Crippen LogP contribution in [0.25, 0.3) is 0 Å². The van der Waals surface area contributed by atoms with Crippen LogP contribution in [0, 0.1) is 5.92 Å². The van der Waals surface area contributed by atoms with Crippen molar-refractivity contribution in [3.05, 3.63) is 46.4 Å². The van der Waals surface area contributed by atoms with Crippen LogP contribution < -0.4 is 15.6 Å². The summed E-state index contributed by atoms with van der Waals surface area (Å²) in [7, 11) is 0. The molecule has 1 aromatic heterocycles. The zero-order chi connectivity index (χ0) is 17.9. The van der Waals surface area contributed by atoms with Gasteiger partial charge in [0.2, 0.25) is 6.23 Å². The third-order valence-electron chi connectivity index (χ3n) is 4.61. The summed E-state index contributed by atoms with van der Waals surface area (Å²) in [6.07, 6.45) is 1.80. The standard InChI is InChI=1S/C17H21FN6OS/c1-12-9-19-8-7-14(12)16-21-15(10-26-16)17(23-11-20-24(18)22-23)25-13-5-3-2-4-6-13/h2-6,10-12,14,17,19,22H,7-9H2,1H3. The molecule has 2 aliphatic heterocycles. The van der Waals surface area contributed by atoms with Crippen LogP contribution in [0.3, 0.4) is 0 Å². The van der Waals surface area contributed by atoms with Crippen molar-refractivity contribution in [1.82, 2.24) is 26.2 Å². The van der Waals surface area contributed by atoms with Crippen molar-refractivity contribution in [3.63, 3.8) is 0 Å². The molecule has 4 rings (SSSR count). The summed E-state index contributed by atoms with van der Waals surface area (Å²) in [4.78, 5) is 4.83. The summed E-state index contributed by atoms with van der Waals surface area (Å²) in [5.74, 6) is 1.64. The van der Waals surface area contributed by atoms with Crippen LogP contribution in [-0.2, 0) is 0 Å². The lowest BCUT2D eigenvalue weighted by atomic mass is 9.88. The van der Waals surface area contributed by atoms with Crippen molar-refractivity contribution < 1.29 is 9.22 Å². The number of hydrazine groups is 2. The van der Waals surface area contributed by atoms with Gasteiger partial charge in [-0.2, -0.15) is 0 Å². The summed E-state index contributed by atoms with van der Waals surface area (Å²) >= 11 is 1.63. The van der Waals surface area contributed by atoms with E-state index < -0.39 is 6.23 Å². The van der Waals surface area contributed by atoms with E-state index >= 15 is 0 Å². The van der Waals surface area contributed by atoms with Crippen LogP contribution in [0.15, 0.2) is 40.8 Å². The fourth-order valence-electron chi connectivity index (χ4n) is 3.21. The molecule has 26 heavy (non-hydrogen) atoms. The molecule has 3 heterocycles. The van der Waals surface area contributed by atoms with E-state index in [1.807, 2.05) is 35.7 Å². The van der Waals surface area contributed by atoms with E-state index in [0.717, 1.165) is 30.2 Å². The quantitative estimate of drug-likeness (QED) is 0.783. The second-order valence-electron chi connectivity index (χ2n) is 6.47. The number of rotatable bonds is 5. The Morgan fingerprint density at radius 1 is 1.35 bits per heavy atom. The van der Waals surface area contributed by atoms with Gasteiger partial charge in [-0.05, 0) is 42.9 Å². The molecule has 2 N–H and O–H groups in total. The van der Waals surface area contributed by atoms with Crippen LogP contribution in [0.4, 0.5) is 4.48 Å². The molecule has 0 aliphatic carbocycles. The maximum absolute atomic E-state index is 13.3. The number of para-hydroxylation sites is 1. The monoisotopic (exact) mass is 376 g/mol. The second-order valence-corrected chi connectivity index (χ2v) is 7.36. The molecule has 0 amide bonds. The first kappa shape index (κ1) is 17.2. The van der Waals surface area contributed by atoms with E-state index in [1.54, 1.807) is 11.3 Å². The minimum atomic E-state index is -0.621. The maximum Gasteiger partial charge on any atom is 0.232 e. The fraction of sp³-hybridized carbons (Fsp3) is 0.412. The lowest BCUT2D eigenvalue weighted by Gasteiger charge is -2.28. The maximum atomic E-state index is 13.3. The van der Waals surface area contributed by atoms with Gasteiger partial charge in [0.25, 0.3) is 0 Å². The molecular weight excluding hydrogens is 355 g/mol. The molecule has 2 aliphatic rings. The Balaban J connectivity index is 1.58. The highest BCUT2D eigenvalue weighted by Crippen LogP contribution is 2.34. The Bertz CT molecular complexity index is 757. The van der Waals surface area contributed by atoms with Gasteiger partial charge in [-0.25, -0.2) is 9.99 Å². The van der Waals surface area contributed by atoms with Gasteiger partial charge in [0.15, 0.2) is 0 Å². The largest absolute Gasteiger partial charge is 0.463 e. The zero-order valence-corrected chi connectivity index (χ0v) is 15.2. The molecule has 138 valence electrons. The molecule has 2 aromatic rings. The highest BCUT2D eigenvalue weighted by atomic mass is 32.1. The van der Waals surface area contributed by atoms with Gasteiger partial charge >= 0.3 is 0 Å². The van der Waals surface area contributed by atoms with E-state index in [9.17, 15) is 4.48 Å². The van der Waals surface area contributed by atoms with E-state index in [2.05, 4.69) is 22.9 Å². The number of hydrazone groups is 1. The molecule has 7 nitrogen and oxygen atoms in total. The molecule has 0 bridgehead atoms. The van der Waals surface area contributed by atoms with Gasteiger partial charge in [0.05, 0.1) is 5.01 Å². The Hall–Kier alpha value is -2.23. The van der Waals surface area contributed by atoms with Crippen molar-refractivity contribution in [1.29, 1.82) is 0 Å². The molecule has 3 unspecified atom stereocenters. The smallest absolute Gasteiger partial charge is 0.232 e. The lowest BCUT2D eigenvalue weighted by Crippen LogP contribution is -2.42. The molecule has 1 fully saturated rings. The van der Waals surface area contributed by atoms with E-state index in [4.69, 9.17) is 9.72 Å². The van der Waals surface area contributed by atoms with Crippen LogP contribution in [0.1, 0.15) is 36.2 Å². The zero-order valence-electron chi connectivity index (χ0n) is 14.4. The number of hydrogen-bond donors (Lipinski definition) is 2. The molecule has 1 aromatic carbocycles. The van der Waals surface area contributed by atoms with E-state index in [-0.39, 0.29) is 5.34 Å². The third-order valence-corrected chi connectivity index (χ3v) is 5.61. The number of halogens is 1. The van der Waals surface area contributed by atoms with Crippen molar-refractivity contribution in [2.75, 3.05) is 13.1 Å². The van der Waals surface area contributed by atoms with Gasteiger partial charge in [-0.1, -0.05) is 35.1 Å². The van der Waals surface area contributed by atoms with Gasteiger partial charge in [0, 0.05) is 11.3 Å². The van der Waals surface area contributed by atoms with E-state index in [1.165, 1.54) is 11.3 Å². The van der Waals surface area contributed by atoms with Crippen LogP contribution in [0.2, 0.25) is 0 Å². The SMILES string of the molecule is CC1CNCCC1c1nc(C(Oc2ccccc2)N2C=NN(F)N2)cs1. The molecule has 9 heteroatoms.